The van der Waals surface area contributed by atoms with Gasteiger partial charge < -0.3 is 89.5 Å². The molecule has 0 radical (unpaired) electrons. The molecule has 11 rings (SSSR count). The SMILES string of the molecule is CC(C)(C)OC(=O)NCC1CCN(c2nc(Cl)ncc2F)CC1.CC(C)(C)OC(=O)NCC1CCN(c2nc(Nc3ccc(C(N)=O)cc3)ncc2F)CC1.CC(C)(C)OC(=O)NCC1CCNCC1.Fc1cnc(Cl)nc1Cl.NC(=O)c1ccc(N)cc1.NCC1CCN(c2nc(Nc3ccc(C(N)=O)cc3)ncc2F)CC1. The number of halogens is 7. The Kier molecular flexibility index (Phi) is 36.3. The highest BCUT2D eigenvalue weighted by Crippen LogP contribution is 2.29. The molecule has 4 aliphatic heterocycles. The second-order valence-corrected chi connectivity index (χ2v) is 30.8. The quantitative estimate of drug-likeness (QED) is 0.0133. The minimum absolute atomic E-state index is 0.0371. The van der Waals surface area contributed by atoms with Gasteiger partial charge in [-0.25, -0.2) is 56.9 Å². The molecular formula is C76H103Cl3F4N22O9. The van der Waals surface area contributed by atoms with Gasteiger partial charge in [0.15, 0.2) is 45.9 Å². The highest BCUT2D eigenvalue weighted by molar-refractivity contribution is 6.31. The number of nitrogen functional groups attached to an aromatic ring is 1. The summed E-state index contributed by atoms with van der Waals surface area (Å²) >= 11 is 16.2. The fraction of sp³-hybridized carbons (Fsp3) is 0.474. The monoisotopic (exact) mass is 1650 g/mol. The summed E-state index contributed by atoms with van der Waals surface area (Å²) in [6, 6.07) is 19.6. The van der Waals surface area contributed by atoms with E-state index in [9.17, 15) is 46.3 Å². The zero-order valence-electron chi connectivity index (χ0n) is 65.3. The van der Waals surface area contributed by atoms with Gasteiger partial charge in [0, 0.05) is 92.7 Å². The Balaban J connectivity index is 0.000000224. The van der Waals surface area contributed by atoms with E-state index in [0.717, 1.165) is 109 Å². The number of alkyl carbamates (subject to hydrolysis) is 3. The van der Waals surface area contributed by atoms with Crippen LogP contribution >= 0.6 is 34.8 Å². The van der Waals surface area contributed by atoms with E-state index >= 15 is 0 Å². The lowest BCUT2D eigenvalue weighted by molar-refractivity contribution is 0.0505. The average Bonchev–Trinajstić information content (AvgIpc) is 0.822. The number of amides is 6. The number of piperidine rings is 4. The second-order valence-electron chi connectivity index (χ2n) is 29.8. The van der Waals surface area contributed by atoms with Crippen LogP contribution in [0.3, 0.4) is 0 Å². The zero-order valence-corrected chi connectivity index (χ0v) is 67.6. The van der Waals surface area contributed by atoms with Crippen LogP contribution in [0.5, 0.6) is 0 Å². The van der Waals surface area contributed by atoms with Crippen molar-refractivity contribution < 1.29 is 60.5 Å². The smallest absolute Gasteiger partial charge is 0.407 e. The standard InChI is InChI=1S/C22H29FN6O3.C17H21FN6O.C15H22ClFN4O2.C11H22N2O2.C7H8N2O.C4HCl2FN2/c1-22(2,3)32-21(31)26-12-14-8-10-29(11-9-14)19-17(23)13-25-20(28-19)27-16-6-4-15(5-7-16)18(24)30;18-14-10-21-17(22-13-3-1-12(2-4-13)15(20)25)23-16(14)24-7-5-11(9-19)6-8-24;1-15(2,3)23-14(22)19-8-10-4-6-21(7-5-10)12-11(17)9-18-13(16)20-12;1-11(2,3)15-10(14)13-8-9-4-6-12-7-5-9;8-6-3-1-5(2-4-6)7(9)10;5-3-2(7)1-8-4(6)9-3/h4-7,13-14H,8-12H2,1-3H3,(H2,24,30)(H,26,31)(H,25,27,28);1-4,10-11H,5-9,19H2,(H2,20,25)(H,21,22,23);9-10H,4-8H2,1-3H3,(H,19,22);9,12H,4-8H2,1-3H3,(H,13,14);1-4H,8H2,(H2,9,10);1H. The van der Waals surface area contributed by atoms with Gasteiger partial charge in [0.25, 0.3) is 0 Å². The molecule has 114 heavy (non-hydrogen) atoms. The molecule has 4 aromatic heterocycles. The van der Waals surface area contributed by atoms with Crippen molar-refractivity contribution >= 4 is 117 Å². The van der Waals surface area contributed by atoms with Crippen LogP contribution in [0, 0.1) is 46.9 Å². The first-order chi connectivity index (χ1) is 53.8. The molecule has 4 saturated heterocycles. The lowest BCUT2D eigenvalue weighted by Crippen LogP contribution is -2.40. The summed E-state index contributed by atoms with van der Waals surface area (Å²) in [5, 5.41) is 17.4. The molecule has 16 N–H and O–H groups in total. The minimum atomic E-state index is -0.666. The predicted molar refractivity (Wildman–Crippen MR) is 431 cm³/mol. The van der Waals surface area contributed by atoms with Crippen LogP contribution in [0.4, 0.5) is 78.4 Å². The van der Waals surface area contributed by atoms with Crippen molar-refractivity contribution in [3.05, 3.63) is 153 Å². The Morgan fingerprint density at radius 1 is 0.439 bits per heavy atom. The van der Waals surface area contributed by atoms with Crippen molar-refractivity contribution in [1.29, 1.82) is 0 Å². The summed E-state index contributed by atoms with van der Waals surface area (Å²) in [4.78, 5) is 104. The van der Waals surface area contributed by atoms with Gasteiger partial charge in [0.05, 0.1) is 24.8 Å². The van der Waals surface area contributed by atoms with Gasteiger partial charge in [-0.2, -0.15) is 15.0 Å². The Bertz CT molecular complexity index is 4240. The van der Waals surface area contributed by atoms with Crippen LogP contribution in [0.25, 0.3) is 0 Å². The third kappa shape index (κ3) is 34.1. The number of nitrogens with two attached hydrogens (primary N) is 5. The van der Waals surface area contributed by atoms with Crippen LogP contribution in [-0.2, 0) is 14.2 Å². The molecule has 6 amide bonds. The fourth-order valence-electron chi connectivity index (χ4n) is 11.3. The highest BCUT2D eigenvalue weighted by atomic mass is 35.5. The largest absolute Gasteiger partial charge is 0.444 e. The number of benzene rings is 3. The fourth-order valence-corrected chi connectivity index (χ4v) is 11.7. The number of rotatable bonds is 17. The summed E-state index contributed by atoms with van der Waals surface area (Å²) in [6.07, 6.45) is 10.5. The van der Waals surface area contributed by atoms with Gasteiger partial charge in [-0.1, -0.05) is 11.6 Å². The van der Waals surface area contributed by atoms with E-state index < -0.39 is 70.0 Å². The summed E-state index contributed by atoms with van der Waals surface area (Å²) in [5.74, 6) is -0.502. The topological polar surface area (TPSA) is 445 Å². The molecule has 4 aliphatic rings. The number of carbonyl (C=O) groups excluding carboxylic acids is 6. The van der Waals surface area contributed by atoms with Crippen LogP contribution in [0.15, 0.2) is 97.6 Å². The van der Waals surface area contributed by atoms with Gasteiger partial charge in [-0.05, 0) is 253 Å². The Hall–Kier alpha value is -10.5. The van der Waals surface area contributed by atoms with Crippen molar-refractivity contribution in [2.24, 2.45) is 46.6 Å². The molecule has 0 spiro atoms. The van der Waals surface area contributed by atoms with E-state index in [4.69, 9.17) is 77.7 Å². The summed E-state index contributed by atoms with van der Waals surface area (Å²) in [7, 11) is 0. The molecule has 7 aromatic rings. The third-order valence-electron chi connectivity index (χ3n) is 17.2. The summed E-state index contributed by atoms with van der Waals surface area (Å²) < 4.78 is 70.1. The maximum Gasteiger partial charge on any atom is 0.407 e. The van der Waals surface area contributed by atoms with Crippen molar-refractivity contribution in [1.82, 2.24) is 61.1 Å². The number of aromatic nitrogens is 8. The molecule has 0 atom stereocenters. The van der Waals surface area contributed by atoms with E-state index in [1.807, 2.05) is 77.0 Å². The molecule has 0 bridgehead atoms. The Morgan fingerprint density at radius 3 is 1.05 bits per heavy atom. The first-order valence-electron chi connectivity index (χ1n) is 36.9. The zero-order chi connectivity index (χ0) is 83.9. The minimum Gasteiger partial charge on any atom is -0.444 e. The number of anilines is 8. The van der Waals surface area contributed by atoms with E-state index in [2.05, 4.69) is 71.8 Å². The van der Waals surface area contributed by atoms with Crippen molar-refractivity contribution in [2.45, 2.75) is 130 Å². The normalized spacial score (nSPS) is 14.8. The van der Waals surface area contributed by atoms with Gasteiger partial charge in [-0.15, -0.1) is 0 Å². The molecule has 3 aromatic carbocycles. The number of hydrogen-bond donors (Lipinski definition) is 11. The summed E-state index contributed by atoms with van der Waals surface area (Å²) in [5.41, 5.74) is 28.3. The Labute approximate surface area is 675 Å². The van der Waals surface area contributed by atoms with Crippen molar-refractivity contribution in [2.75, 3.05) is 110 Å². The Morgan fingerprint density at radius 2 is 0.737 bits per heavy atom. The molecule has 31 nitrogen and oxygen atoms in total. The van der Waals surface area contributed by atoms with Crippen LogP contribution in [0.2, 0.25) is 15.7 Å². The number of hydrogen-bond acceptors (Lipinski definition) is 25. The maximum absolute atomic E-state index is 14.4. The van der Waals surface area contributed by atoms with E-state index in [0.29, 0.717) is 109 Å². The lowest BCUT2D eigenvalue weighted by Gasteiger charge is -2.33. The highest BCUT2D eigenvalue weighted by Gasteiger charge is 2.28. The van der Waals surface area contributed by atoms with Gasteiger partial charge in [-0.3, -0.25) is 14.4 Å². The maximum atomic E-state index is 14.4. The number of nitrogens with zero attached hydrogens (tertiary/aromatic N) is 11. The molecule has 0 saturated carbocycles. The predicted octanol–water partition coefficient (Wildman–Crippen LogP) is 11.6. The third-order valence-corrected chi connectivity index (χ3v) is 17.8. The molecule has 38 heteroatoms. The van der Waals surface area contributed by atoms with Crippen molar-refractivity contribution in [3.63, 3.8) is 0 Å². The van der Waals surface area contributed by atoms with Crippen LogP contribution < -0.4 is 75.3 Å². The van der Waals surface area contributed by atoms with E-state index in [-0.39, 0.29) is 45.3 Å². The number of primary amides is 3. The molecule has 0 aliphatic carbocycles. The first-order valence-corrected chi connectivity index (χ1v) is 38.0. The number of ether oxygens (including phenoxy) is 3. The number of nitrogens with one attached hydrogen (secondary N) is 6. The molecule has 0 unspecified atom stereocenters. The van der Waals surface area contributed by atoms with E-state index in [1.165, 1.54) is 0 Å². The van der Waals surface area contributed by atoms with Gasteiger partial charge >= 0.3 is 18.3 Å². The lowest BCUT2D eigenvalue weighted by atomic mass is 9.97. The average molecular weight is 1650 g/mol. The molecular weight excluding hydrogens is 1550 g/mol. The first kappa shape index (κ1) is 92.4. The molecule has 8 heterocycles. The van der Waals surface area contributed by atoms with Gasteiger partial charge in [0.1, 0.15) is 16.8 Å². The second kappa shape index (κ2) is 44.8. The number of carbonyl (C=O) groups is 6. The van der Waals surface area contributed by atoms with Crippen LogP contribution in [0.1, 0.15) is 145 Å². The van der Waals surface area contributed by atoms with Gasteiger partial charge in [0.2, 0.25) is 40.2 Å². The summed E-state index contributed by atoms with van der Waals surface area (Å²) in [6.45, 7) is 25.1. The van der Waals surface area contributed by atoms with E-state index in [1.54, 1.807) is 72.8 Å². The molecule has 4 fully saturated rings. The van der Waals surface area contributed by atoms with Crippen molar-refractivity contribution in [3.8, 4) is 0 Å². The van der Waals surface area contributed by atoms with Crippen LogP contribution in [-0.4, -0.2) is 171 Å². The molecule has 620 valence electrons.